The Kier molecular flexibility index (Phi) is 5.08. The Morgan fingerprint density at radius 3 is 2.67 bits per heavy atom. The molecule has 0 radical (unpaired) electrons. The molecule has 1 aromatic heterocycles. The zero-order valence-electron chi connectivity index (χ0n) is 13.1. The van der Waals surface area contributed by atoms with Gasteiger partial charge in [0.25, 0.3) is 0 Å². The third kappa shape index (κ3) is 3.55. The van der Waals surface area contributed by atoms with Crippen molar-refractivity contribution in [1.82, 2.24) is 20.2 Å². The lowest BCUT2D eigenvalue weighted by atomic mass is 10.3. The van der Waals surface area contributed by atoms with Crippen molar-refractivity contribution in [3.8, 4) is 0 Å². The second-order valence-corrected chi connectivity index (χ2v) is 7.00. The monoisotopic (exact) mass is 353 g/mol. The van der Waals surface area contributed by atoms with Crippen molar-refractivity contribution in [2.75, 3.05) is 5.32 Å². The Bertz CT molecular complexity index is 712. The van der Waals surface area contributed by atoms with Crippen LogP contribution in [-0.2, 0) is 4.79 Å². The first-order valence-corrected chi connectivity index (χ1v) is 8.63. The molecule has 1 aliphatic rings. The number of rotatable bonds is 5. The molecule has 1 aliphatic carbocycles. The molecule has 2 aromatic rings. The van der Waals surface area contributed by atoms with E-state index in [1.165, 1.54) is 17.8 Å². The van der Waals surface area contributed by atoms with Crippen LogP contribution in [0.4, 0.5) is 14.5 Å². The molecule has 1 heterocycles. The van der Waals surface area contributed by atoms with E-state index >= 15 is 0 Å². The van der Waals surface area contributed by atoms with Gasteiger partial charge in [-0.2, -0.15) is 0 Å². The van der Waals surface area contributed by atoms with Crippen molar-refractivity contribution >= 4 is 23.4 Å². The Labute approximate surface area is 142 Å². The van der Waals surface area contributed by atoms with E-state index in [1.54, 1.807) is 11.6 Å². The first-order chi connectivity index (χ1) is 11.6. The van der Waals surface area contributed by atoms with Crippen LogP contribution in [0.3, 0.4) is 0 Å². The predicted molar refractivity (Wildman–Crippen MR) is 85.6 cm³/mol. The molecule has 24 heavy (non-hydrogen) atoms. The summed E-state index contributed by atoms with van der Waals surface area (Å²) in [6.45, 7) is 1.65. The van der Waals surface area contributed by atoms with Crippen LogP contribution in [0.25, 0.3) is 0 Å². The number of nitrogens with zero attached hydrogens (tertiary/aromatic N) is 4. The summed E-state index contributed by atoms with van der Waals surface area (Å²) < 4.78 is 29.0. The van der Waals surface area contributed by atoms with E-state index in [2.05, 4.69) is 20.8 Å². The second-order valence-electron chi connectivity index (χ2n) is 5.69. The van der Waals surface area contributed by atoms with Gasteiger partial charge < -0.3 is 5.32 Å². The number of amides is 1. The molecule has 128 valence electrons. The minimum atomic E-state index is -0.809. The quantitative estimate of drug-likeness (QED) is 0.836. The highest BCUT2D eigenvalue weighted by Crippen LogP contribution is 2.32. The minimum absolute atomic E-state index is 0.252. The van der Waals surface area contributed by atoms with Crippen LogP contribution < -0.4 is 5.32 Å². The molecule has 1 aromatic carbocycles. The highest BCUT2D eigenvalue weighted by atomic mass is 32.2. The SMILES string of the molecule is CC(Sc1nnnn1C1CCCC1)C(=O)Nc1c(F)cccc1F. The second kappa shape index (κ2) is 7.25. The lowest BCUT2D eigenvalue weighted by Gasteiger charge is -2.14. The summed E-state index contributed by atoms with van der Waals surface area (Å²) in [6.07, 6.45) is 4.30. The largest absolute Gasteiger partial charge is 0.320 e. The first kappa shape index (κ1) is 16.8. The van der Waals surface area contributed by atoms with E-state index in [0.717, 1.165) is 37.8 Å². The number of aromatic nitrogens is 4. The van der Waals surface area contributed by atoms with Crippen molar-refractivity contribution in [1.29, 1.82) is 0 Å². The van der Waals surface area contributed by atoms with Crippen LogP contribution in [0.1, 0.15) is 38.6 Å². The molecule has 0 bridgehead atoms. The highest BCUT2D eigenvalue weighted by molar-refractivity contribution is 8.00. The fraction of sp³-hybridized carbons (Fsp3) is 0.467. The van der Waals surface area contributed by atoms with Gasteiger partial charge in [-0.05, 0) is 42.3 Å². The first-order valence-electron chi connectivity index (χ1n) is 7.75. The van der Waals surface area contributed by atoms with Crippen LogP contribution in [0, 0.1) is 11.6 Å². The molecule has 1 saturated carbocycles. The summed E-state index contributed by atoms with van der Waals surface area (Å²) in [6, 6.07) is 3.68. The van der Waals surface area contributed by atoms with Crippen LogP contribution in [-0.4, -0.2) is 31.4 Å². The Morgan fingerprint density at radius 2 is 2.00 bits per heavy atom. The number of hydrogen-bond acceptors (Lipinski definition) is 5. The molecule has 1 unspecified atom stereocenters. The van der Waals surface area contributed by atoms with Crippen LogP contribution in [0.2, 0.25) is 0 Å². The van der Waals surface area contributed by atoms with E-state index in [-0.39, 0.29) is 6.04 Å². The molecule has 0 aliphatic heterocycles. The van der Waals surface area contributed by atoms with E-state index in [1.807, 2.05) is 0 Å². The van der Waals surface area contributed by atoms with E-state index < -0.39 is 28.5 Å². The van der Waals surface area contributed by atoms with Gasteiger partial charge in [0.05, 0.1) is 11.3 Å². The number of halogens is 2. The molecular weight excluding hydrogens is 336 g/mol. The number of thioether (sulfide) groups is 1. The van der Waals surface area contributed by atoms with Gasteiger partial charge in [-0.15, -0.1) is 5.10 Å². The maximum atomic E-state index is 13.6. The molecule has 0 spiro atoms. The maximum Gasteiger partial charge on any atom is 0.237 e. The van der Waals surface area contributed by atoms with E-state index in [4.69, 9.17) is 0 Å². The molecule has 1 atom stereocenters. The molecule has 6 nitrogen and oxygen atoms in total. The molecule has 0 saturated heterocycles. The van der Waals surface area contributed by atoms with Gasteiger partial charge in [-0.3, -0.25) is 4.79 Å². The number of hydrogen-bond donors (Lipinski definition) is 1. The van der Waals surface area contributed by atoms with Crippen LogP contribution >= 0.6 is 11.8 Å². The van der Waals surface area contributed by atoms with E-state index in [0.29, 0.717) is 5.16 Å². The average Bonchev–Trinajstić information content (AvgIpc) is 3.21. The normalized spacial score (nSPS) is 16.3. The van der Waals surface area contributed by atoms with Crippen molar-refractivity contribution in [2.24, 2.45) is 0 Å². The van der Waals surface area contributed by atoms with Crippen LogP contribution in [0.15, 0.2) is 23.4 Å². The van der Waals surface area contributed by atoms with Gasteiger partial charge >= 0.3 is 0 Å². The lowest BCUT2D eigenvalue weighted by Crippen LogP contribution is -2.24. The minimum Gasteiger partial charge on any atom is -0.320 e. The van der Waals surface area contributed by atoms with Gasteiger partial charge in [0.1, 0.15) is 17.3 Å². The fourth-order valence-electron chi connectivity index (χ4n) is 2.69. The van der Waals surface area contributed by atoms with Gasteiger partial charge in [0.15, 0.2) is 0 Å². The number of carbonyl (C=O) groups excluding carboxylic acids is 1. The summed E-state index contributed by atoms with van der Waals surface area (Å²) >= 11 is 1.17. The lowest BCUT2D eigenvalue weighted by molar-refractivity contribution is -0.115. The fourth-order valence-corrected chi connectivity index (χ4v) is 3.55. The molecule has 1 fully saturated rings. The Morgan fingerprint density at radius 1 is 1.33 bits per heavy atom. The van der Waals surface area contributed by atoms with Crippen molar-refractivity contribution in [3.05, 3.63) is 29.8 Å². The number of tetrazole rings is 1. The zero-order valence-corrected chi connectivity index (χ0v) is 13.9. The standard InChI is InChI=1S/C15H17F2N5OS/c1-9(14(23)18-13-11(16)7-4-8-12(13)17)24-15-19-20-21-22(15)10-5-2-3-6-10/h4,7-10H,2-3,5-6H2,1H3,(H,18,23). The molecule has 1 amide bonds. The van der Waals surface area contributed by atoms with E-state index in [9.17, 15) is 13.6 Å². The average molecular weight is 353 g/mol. The Hall–Kier alpha value is -2.03. The van der Waals surface area contributed by atoms with Gasteiger partial charge in [0, 0.05) is 0 Å². The summed E-state index contributed by atoms with van der Waals surface area (Å²) in [5.41, 5.74) is -0.440. The molecule has 1 N–H and O–H groups in total. The molecule has 9 heteroatoms. The smallest absolute Gasteiger partial charge is 0.237 e. The molecule has 3 rings (SSSR count). The van der Waals surface area contributed by atoms with Gasteiger partial charge in [0.2, 0.25) is 11.1 Å². The topological polar surface area (TPSA) is 72.7 Å². The number of nitrogens with one attached hydrogen (secondary N) is 1. The van der Waals surface area contributed by atoms with Crippen molar-refractivity contribution < 1.29 is 13.6 Å². The summed E-state index contributed by atoms with van der Waals surface area (Å²) in [5, 5.41) is 13.9. The Balaban J connectivity index is 1.68. The predicted octanol–water partition coefficient (Wildman–Crippen LogP) is 3.19. The number of benzene rings is 1. The summed E-state index contributed by atoms with van der Waals surface area (Å²) in [7, 11) is 0. The maximum absolute atomic E-state index is 13.6. The summed E-state index contributed by atoms with van der Waals surface area (Å²) in [4.78, 5) is 12.2. The van der Waals surface area contributed by atoms with Gasteiger partial charge in [-0.25, -0.2) is 13.5 Å². The number of anilines is 1. The van der Waals surface area contributed by atoms with Gasteiger partial charge in [-0.1, -0.05) is 30.7 Å². The zero-order chi connectivity index (χ0) is 17.1. The van der Waals surface area contributed by atoms with Crippen LogP contribution in [0.5, 0.6) is 0 Å². The summed E-state index contributed by atoms with van der Waals surface area (Å²) in [5.74, 6) is -2.13. The third-order valence-electron chi connectivity index (χ3n) is 4.00. The number of para-hydroxylation sites is 1. The molecular formula is C15H17F2N5OS. The third-order valence-corrected chi connectivity index (χ3v) is 5.04. The number of carbonyl (C=O) groups is 1. The van der Waals surface area contributed by atoms with Crippen molar-refractivity contribution in [3.63, 3.8) is 0 Å². The highest BCUT2D eigenvalue weighted by Gasteiger charge is 2.25. The van der Waals surface area contributed by atoms with Crippen molar-refractivity contribution in [2.45, 2.75) is 49.1 Å².